The molecule has 0 atom stereocenters. The predicted molar refractivity (Wildman–Crippen MR) is 75.7 cm³/mol. The fraction of sp³-hybridized carbons (Fsp3) is 0. The lowest BCUT2D eigenvalue weighted by Gasteiger charge is -2.11. The molecule has 2 rings (SSSR count). The second-order valence-electron chi connectivity index (χ2n) is 4.00. The van der Waals surface area contributed by atoms with Gasteiger partial charge in [0.05, 0.1) is 15.8 Å². The van der Waals surface area contributed by atoms with Gasteiger partial charge in [-0.1, -0.05) is 6.07 Å². The van der Waals surface area contributed by atoms with Crippen LogP contribution in [0.15, 0.2) is 39.7 Å². The Labute approximate surface area is 127 Å². The van der Waals surface area contributed by atoms with E-state index in [-0.39, 0.29) is 4.47 Å². The summed E-state index contributed by atoms with van der Waals surface area (Å²) in [6.07, 6.45) is 0. The average molecular weight is 381 g/mol. The van der Waals surface area contributed by atoms with E-state index in [0.29, 0.717) is 6.07 Å². The van der Waals surface area contributed by atoms with Crippen molar-refractivity contribution >= 4 is 37.3 Å². The summed E-state index contributed by atoms with van der Waals surface area (Å²) in [5, 5.41) is 0. The fourth-order valence-corrected chi connectivity index (χ4v) is 3.07. The highest BCUT2D eigenvalue weighted by Crippen LogP contribution is 2.27. The number of hydrogen-bond acceptors (Lipinski definition) is 3. The maximum atomic E-state index is 13.6. The van der Waals surface area contributed by atoms with Gasteiger partial charge in [-0.05, 0) is 34.1 Å². The molecule has 3 N–H and O–H groups in total. The van der Waals surface area contributed by atoms with E-state index in [1.165, 1.54) is 0 Å². The highest BCUT2D eigenvalue weighted by molar-refractivity contribution is 9.10. The van der Waals surface area contributed by atoms with Crippen LogP contribution in [0, 0.1) is 17.5 Å². The van der Waals surface area contributed by atoms with Crippen LogP contribution in [0.5, 0.6) is 0 Å². The number of hydrogen-bond donors (Lipinski definition) is 2. The summed E-state index contributed by atoms with van der Waals surface area (Å²) in [4.78, 5) is -0.565. The van der Waals surface area contributed by atoms with Crippen LogP contribution in [0.1, 0.15) is 0 Å². The molecule has 0 bridgehead atoms. The molecule has 9 heteroatoms. The lowest BCUT2D eigenvalue weighted by Crippen LogP contribution is -2.16. The zero-order chi connectivity index (χ0) is 15.8. The van der Waals surface area contributed by atoms with Crippen LogP contribution in [0.25, 0.3) is 0 Å². The number of nitrogens with two attached hydrogens (primary N) is 1. The number of nitrogen functional groups attached to an aromatic ring is 1. The highest BCUT2D eigenvalue weighted by Gasteiger charge is 2.21. The summed E-state index contributed by atoms with van der Waals surface area (Å²) in [6, 6.07) is 4.59. The van der Waals surface area contributed by atoms with Crippen LogP contribution < -0.4 is 10.5 Å². The van der Waals surface area contributed by atoms with Crippen LogP contribution in [0.2, 0.25) is 0 Å². The molecule has 0 saturated carbocycles. The number of benzene rings is 2. The molecule has 0 aliphatic heterocycles. The third-order valence-corrected chi connectivity index (χ3v) is 4.59. The van der Waals surface area contributed by atoms with Gasteiger partial charge in [-0.3, -0.25) is 4.72 Å². The van der Waals surface area contributed by atoms with Crippen molar-refractivity contribution in [2.75, 3.05) is 10.5 Å². The Hall–Kier alpha value is -1.74. The van der Waals surface area contributed by atoms with Gasteiger partial charge in [0.15, 0.2) is 0 Å². The number of para-hydroxylation sites is 1. The number of anilines is 2. The Balaban J connectivity index is 2.47. The van der Waals surface area contributed by atoms with Crippen LogP contribution in [0.4, 0.5) is 24.5 Å². The lowest BCUT2D eigenvalue weighted by molar-refractivity contribution is 0.590. The molecular formula is C12H8BrF3N2O2S. The minimum Gasteiger partial charge on any atom is -0.395 e. The van der Waals surface area contributed by atoms with Crippen molar-refractivity contribution in [2.24, 2.45) is 0 Å². The van der Waals surface area contributed by atoms with Gasteiger partial charge in [-0.2, -0.15) is 0 Å². The quantitative estimate of drug-likeness (QED) is 0.634. The molecule has 4 nitrogen and oxygen atoms in total. The Kier molecular flexibility index (Phi) is 4.15. The summed E-state index contributed by atoms with van der Waals surface area (Å²) in [5.74, 6) is -2.79. The minimum atomic E-state index is -4.36. The second-order valence-corrected chi connectivity index (χ2v) is 6.51. The molecule has 2 aromatic carbocycles. The molecule has 2 aromatic rings. The molecule has 0 amide bonds. The molecule has 0 spiro atoms. The lowest BCUT2D eigenvalue weighted by atomic mass is 10.3. The van der Waals surface area contributed by atoms with Crippen LogP contribution in [-0.4, -0.2) is 8.42 Å². The third-order valence-electron chi connectivity index (χ3n) is 2.56. The van der Waals surface area contributed by atoms with Gasteiger partial charge >= 0.3 is 0 Å². The zero-order valence-corrected chi connectivity index (χ0v) is 12.6. The first-order valence-electron chi connectivity index (χ1n) is 5.43. The summed E-state index contributed by atoms with van der Waals surface area (Å²) >= 11 is 2.76. The van der Waals surface area contributed by atoms with Gasteiger partial charge in [0.1, 0.15) is 22.3 Å². The molecule has 0 aliphatic carbocycles. The Morgan fingerprint density at radius 3 is 2.38 bits per heavy atom. The molecule has 0 heterocycles. The first kappa shape index (κ1) is 15.6. The van der Waals surface area contributed by atoms with Crippen molar-refractivity contribution in [1.82, 2.24) is 0 Å². The minimum absolute atomic E-state index is 0.159. The van der Waals surface area contributed by atoms with E-state index in [2.05, 4.69) is 15.9 Å². The second kappa shape index (κ2) is 5.57. The maximum Gasteiger partial charge on any atom is 0.264 e. The Morgan fingerprint density at radius 1 is 1.05 bits per heavy atom. The van der Waals surface area contributed by atoms with Crippen molar-refractivity contribution in [3.8, 4) is 0 Å². The molecular weight excluding hydrogens is 373 g/mol. The van der Waals surface area contributed by atoms with Crippen molar-refractivity contribution < 1.29 is 21.6 Å². The third kappa shape index (κ3) is 3.13. The summed E-state index contributed by atoms with van der Waals surface area (Å²) in [6.45, 7) is 0. The normalized spacial score (nSPS) is 11.4. The predicted octanol–water partition coefficient (Wildman–Crippen LogP) is 3.25. The smallest absolute Gasteiger partial charge is 0.264 e. The number of sulfonamides is 1. The molecule has 0 saturated heterocycles. The standard InChI is InChI=1S/C12H8BrF3N2O2S/c13-6-4-9(16)10(5-8(6)15)18-21(19,20)11-3-1-2-7(14)12(11)17/h1-5,18H,17H2. The van der Waals surface area contributed by atoms with E-state index in [0.717, 1.165) is 24.3 Å². The van der Waals surface area contributed by atoms with Crippen LogP contribution in [0.3, 0.4) is 0 Å². The van der Waals surface area contributed by atoms with Crippen molar-refractivity contribution in [1.29, 1.82) is 0 Å². The molecule has 0 unspecified atom stereocenters. The molecule has 0 aromatic heterocycles. The van der Waals surface area contributed by atoms with Gasteiger partial charge in [0.2, 0.25) is 0 Å². The largest absolute Gasteiger partial charge is 0.395 e. The summed E-state index contributed by atoms with van der Waals surface area (Å²) < 4.78 is 66.1. The number of rotatable bonds is 3. The molecule has 0 aliphatic rings. The van der Waals surface area contributed by atoms with Gasteiger partial charge < -0.3 is 5.73 Å². The SMILES string of the molecule is Nc1c(F)cccc1S(=O)(=O)Nc1cc(F)c(Br)cc1F. The Bertz CT molecular complexity index is 812. The topological polar surface area (TPSA) is 72.2 Å². The highest BCUT2D eigenvalue weighted by atomic mass is 79.9. The van der Waals surface area contributed by atoms with Gasteiger partial charge in [0, 0.05) is 6.07 Å². The fourth-order valence-electron chi connectivity index (χ4n) is 1.55. The Morgan fingerprint density at radius 2 is 1.71 bits per heavy atom. The monoisotopic (exact) mass is 380 g/mol. The van der Waals surface area contributed by atoms with Crippen LogP contribution >= 0.6 is 15.9 Å². The van der Waals surface area contributed by atoms with Gasteiger partial charge in [0.25, 0.3) is 10.0 Å². The molecule has 112 valence electrons. The molecule has 21 heavy (non-hydrogen) atoms. The molecule has 0 radical (unpaired) electrons. The van der Waals surface area contributed by atoms with E-state index >= 15 is 0 Å². The van der Waals surface area contributed by atoms with Crippen molar-refractivity contribution in [2.45, 2.75) is 4.90 Å². The van der Waals surface area contributed by atoms with E-state index < -0.39 is 43.7 Å². The maximum absolute atomic E-state index is 13.6. The summed E-state index contributed by atoms with van der Waals surface area (Å²) in [7, 11) is -4.36. The van der Waals surface area contributed by atoms with Gasteiger partial charge in [-0.15, -0.1) is 0 Å². The zero-order valence-electron chi connectivity index (χ0n) is 10.2. The van der Waals surface area contributed by atoms with E-state index in [9.17, 15) is 21.6 Å². The van der Waals surface area contributed by atoms with Crippen molar-refractivity contribution in [3.63, 3.8) is 0 Å². The van der Waals surface area contributed by atoms with Crippen molar-refractivity contribution in [3.05, 3.63) is 52.3 Å². The number of halogens is 4. The average Bonchev–Trinajstić information content (AvgIpc) is 2.38. The molecule has 0 fully saturated rings. The summed E-state index contributed by atoms with van der Waals surface area (Å²) in [5.41, 5.74) is 4.12. The van der Waals surface area contributed by atoms with Crippen LogP contribution in [-0.2, 0) is 10.0 Å². The van der Waals surface area contributed by atoms with E-state index in [1.807, 2.05) is 4.72 Å². The number of nitrogens with one attached hydrogen (secondary N) is 1. The van der Waals surface area contributed by atoms with E-state index in [1.54, 1.807) is 0 Å². The first-order chi connectivity index (χ1) is 9.72. The van der Waals surface area contributed by atoms with E-state index in [4.69, 9.17) is 5.73 Å². The first-order valence-corrected chi connectivity index (χ1v) is 7.71. The van der Waals surface area contributed by atoms with Gasteiger partial charge in [-0.25, -0.2) is 21.6 Å².